The van der Waals surface area contributed by atoms with E-state index in [1.807, 2.05) is 17.0 Å². The van der Waals surface area contributed by atoms with Crippen molar-refractivity contribution < 1.29 is 13.9 Å². The second-order valence-corrected chi connectivity index (χ2v) is 7.95. The number of benzene rings is 2. The SMILES string of the molecule is Cc1cccc(CN2CCN(C(=O)c3ccc(COc4ccccc4Cl)o3)CC2)c1. The first kappa shape index (κ1) is 20.5. The van der Waals surface area contributed by atoms with E-state index in [0.29, 0.717) is 35.4 Å². The molecule has 0 saturated carbocycles. The zero-order chi connectivity index (χ0) is 20.9. The molecule has 5 nitrogen and oxygen atoms in total. The minimum Gasteiger partial charge on any atom is -0.484 e. The number of halogens is 1. The zero-order valence-electron chi connectivity index (χ0n) is 17.0. The molecule has 0 atom stereocenters. The number of rotatable bonds is 6. The number of hydrogen-bond acceptors (Lipinski definition) is 4. The van der Waals surface area contributed by atoms with E-state index in [1.165, 1.54) is 11.1 Å². The molecule has 0 radical (unpaired) electrons. The van der Waals surface area contributed by atoms with Gasteiger partial charge in [0, 0.05) is 32.7 Å². The molecule has 3 aromatic rings. The lowest BCUT2D eigenvalue weighted by molar-refractivity contribution is 0.0594. The molecular weight excluding hydrogens is 400 g/mol. The Kier molecular flexibility index (Phi) is 6.41. The summed E-state index contributed by atoms with van der Waals surface area (Å²) in [7, 11) is 0. The molecular formula is C24H25ClN2O3. The van der Waals surface area contributed by atoms with Crippen LogP contribution in [0.4, 0.5) is 0 Å². The topological polar surface area (TPSA) is 45.9 Å². The molecule has 0 aliphatic carbocycles. The van der Waals surface area contributed by atoms with Crippen molar-refractivity contribution in [1.29, 1.82) is 0 Å². The molecule has 156 valence electrons. The summed E-state index contributed by atoms with van der Waals surface area (Å²) in [5.74, 6) is 1.46. The molecule has 2 aromatic carbocycles. The molecule has 2 heterocycles. The highest BCUT2D eigenvalue weighted by atomic mass is 35.5. The Morgan fingerprint density at radius 3 is 2.60 bits per heavy atom. The van der Waals surface area contributed by atoms with E-state index in [9.17, 15) is 4.79 Å². The van der Waals surface area contributed by atoms with Crippen LogP contribution in [-0.2, 0) is 13.2 Å². The van der Waals surface area contributed by atoms with Gasteiger partial charge in [-0.15, -0.1) is 0 Å². The van der Waals surface area contributed by atoms with Gasteiger partial charge in [0.1, 0.15) is 18.1 Å². The van der Waals surface area contributed by atoms with Crippen molar-refractivity contribution in [2.75, 3.05) is 26.2 Å². The van der Waals surface area contributed by atoms with Crippen LogP contribution in [0.2, 0.25) is 5.02 Å². The molecule has 0 spiro atoms. The van der Waals surface area contributed by atoms with Gasteiger partial charge < -0.3 is 14.1 Å². The zero-order valence-corrected chi connectivity index (χ0v) is 17.8. The molecule has 1 saturated heterocycles. The van der Waals surface area contributed by atoms with Gasteiger partial charge in [0.05, 0.1) is 5.02 Å². The van der Waals surface area contributed by atoms with Crippen LogP contribution in [0.3, 0.4) is 0 Å². The van der Waals surface area contributed by atoms with Crippen LogP contribution in [-0.4, -0.2) is 41.9 Å². The van der Waals surface area contributed by atoms with Crippen molar-refractivity contribution in [1.82, 2.24) is 9.80 Å². The molecule has 1 aliphatic rings. The van der Waals surface area contributed by atoms with Gasteiger partial charge in [0.2, 0.25) is 0 Å². The maximum Gasteiger partial charge on any atom is 0.289 e. The van der Waals surface area contributed by atoms with Crippen molar-refractivity contribution in [3.8, 4) is 5.75 Å². The Hall–Kier alpha value is -2.76. The second-order valence-electron chi connectivity index (χ2n) is 7.54. The molecule has 0 N–H and O–H groups in total. The lowest BCUT2D eigenvalue weighted by Crippen LogP contribution is -2.48. The summed E-state index contributed by atoms with van der Waals surface area (Å²) < 4.78 is 11.4. The van der Waals surface area contributed by atoms with E-state index in [1.54, 1.807) is 24.3 Å². The molecule has 6 heteroatoms. The Balaban J connectivity index is 1.29. The summed E-state index contributed by atoms with van der Waals surface area (Å²) in [6, 6.07) is 19.3. The molecule has 30 heavy (non-hydrogen) atoms. The quantitative estimate of drug-likeness (QED) is 0.571. The number of ether oxygens (including phenoxy) is 1. The van der Waals surface area contributed by atoms with Crippen LogP contribution in [0.5, 0.6) is 5.75 Å². The Morgan fingerprint density at radius 2 is 1.83 bits per heavy atom. The average molecular weight is 425 g/mol. The Labute approximate surface area is 181 Å². The van der Waals surface area contributed by atoms with E-state index in [0.717, 1.165) is 19.6 Å². The number of aryl methyl sites for hydroxylation is 1. The normalized spacial score (nSPS) is 14.7. The summed E-state index contributed by atoms with van der Waals surface area (Å²) in [6.45, 7) is 6.33. The second kappa shape index (κ2) is 9.37. The average Bonchev–Trinajstić information content (AvgIpc) is 3.22. The molecule has 1 fully saturated rings. The molecule has 1 amide bonds. The van der Waals surface area contributed by atoms with Crippen molar-refractivity contribution in [3.63, 3.8) is 0 Å². The Bertz CT molecular complexity index is 1010. The Morgan fingerprint density at radius 1 is 1.03 bits per heavy atom. The first-order chi connectivity index (χ1) is 14.6. The van der Waals surface area contributed by atoms with Crippen LogP contribution in [0.1, 0.15) is 27.4 Å². The third-order valence-corrected chi connectivity index (χ3v) is 5.54. The third kappa shape index (κ3) is 5.04. The lowest BCUT2D eigenvalue weighted by atomic mass is 10.1. The number of nitrogens with zero attached hydrogens (tertiary/aromatic N) is 2. The fourth-order valence-corrected chi connectivity index (χ4v) is 3.80. The van der Waals surface area contributed by atoms with Crippen LogP contribution in [0.25, 0.3) is 0 Å². The van der Waals surface area contributed by atoms with Gasteiger partial charge in [0.25, 0.3) is 5.91 Å². The number of amides is 1. The van der Waals surface area contributed by atoms with Crippen molar-refractivity contribution in [2.24, 2.45) is 0 Å². The maximum atomic E-state index is 12.8. The summed E-state index contributed by atoms with van der Waals surface area (Å²) >= 11 is 6.10. The summed E-state index contributed by atoms with van der Waals surface area (Å²) in [5.41, 5.74) is 2.58. The highest BCUT2D eigenvalue weighted by Gasteiger charge is 2.24. The number of para-hydroxylation sites is 1. The van der Waals surface area contributed by atoms with E-state index < -0.39 is 0 Å². The first-order valence-electron chi connectivity index (χ1n) is 10.1. The fourth-order valence-electron chi connectivity index (χ4n) is 3.61. The van der Waals surface area contributed by atoms with E-state index in [4.69, 9.17) is 20.8 Å². The fraction of sp³-hybridized carbons (Fsp3) is 0.292. The third-order valence-electron chi connectivity index (χ3n) is 5.23. The van der Waals surface area contributed by atoms with Crippen LogP contribution < -0.4 is 4.74 Å². The molecule has 0 bridgehead atoms. The van der Waals surface area contributed by atoms with Crippen molar-refractivity contribution in [2.45, 2.75) is 20.1 Å². The van der Waals surface area contributed by atoms with Gasteiger partial charge >= 0.3 is 0 Å². The summed E-state index contributed by atoms with van der Waals surface area (Å²) in [5, 5.41) is 0.545. The van der Waals surface area contributed by atoms with Gasteiger partial charge in [-0.05, 0) is 36.8 Å². The predicted octanol–water partition coefficient (Wildman–Crippen LogP) is 4.78. The maximum absolute atomic E-state index is 12.8. The summed E-state index contributed by atoms with van der Waals surface area (Å²) in [4.78, 5) is 17.0. The number of carbonyl (C=O) groups excluding carboxylic acids is 1. The van der Waals surface area contributed by atoms with Gasteiger partial charge in [-0.25, -0.2) is 0 Å². The van der Waals surface area contributed by atoms with Crippen LogP contribution >= 0.6 is 11.6 Å². The number of carbonyl (C=O) groups is 1. The largest absolute Gasteiger partial charge is 0.484 e. The van der Waals surface area contributed by atoms with Crippen molar-refractivity contribution in [3.05, 3.63) is 88.3 Å². The van der Waals surface area contributed by atoms with E-state index in [-0.39, 0.29) is 12.5 Å². The highest BCUT2D eigenvalue weighted by molar-refractivity contribution is 6.32. The van der Waals surface area contributed by atoms with Crippen molar-refractivity contribution >= 4 is 17.5 Å². The van der Waals surface area contributed by atoms with Crippen LogP contribution in [0.15, 0.2) is 65.1 Å². The van der Waals surface area contributed by atoms with Gasteiger partial charge in [-0.3, -0.25) is 9.69 Å². The van der Waals surface area contributed by atoms with Gasteiger partial charge in [-0.2, -0.15) is 0 Å². The molecule has 0 unspecified atom stereocenters. The number of furan rings is 1. The highest BCUT2D eigenvalue weighted by Crippen LogP contribution is 2.24. The standard InChI is InChI=1S/C24H25ClN2O3/c1-18-5-4-6-19(15-18)16-26-11-13-27(14-12-26)24(28)23-10-9-20(30-23)17-29-22-8-3-2-7-21(22)25/h2-10,15H,11-14,16-17H2,1H3. The number of piperazine rings is 1. The van der Waals surface area contributed by atoms with Gasteiger partial charge in [0.15, 0.2) is 5.76 Å². The molecule has 4 rings (SSSR count). The van der Waals surface area contributed by atoms with E-state index in [2.05, 4.69) is 36.1 Å². The monoisotopic (exact) mass is 424 g/mol. The lowest BCUT2D eigenvalue weighted by Gasteiger charge is -2.34. The predicted molar refractivity (Wildman–Crippen MR) is 117 cm³/mol. The van der Waals surface area contributed by atoms with Gasteiger partial charge in [-0.1, -0.05) is 53.6 Å². The first-order valence-corrected chi connectivity index (χ1v) is 10.5. The number of hydrogen-bond donors (Lipinski definition) is 0. The van der Waals surface area contributed by atoms with Crippen LogP contribution in [0, 0.1) is 6.92 Å². The minimum atomic E-state index is -0.0748. The minimum absolute atomic E-state index is 0.0748. The van der Waals surface area contributed by atoms with E-state index >= 15 is 0 Å². The molecule has 1 aromatic heterocycles. The summed E-state index contributed by atoms with van der Waals surface area (Å²) in [6.07, 6.45) is 0. The molecule has 1 aliphatic heterocycles. The smallest absolute Gasteiger partial charge is 0.289 e.